The number of fused-ring (bicyclic) bond motifs is 1. The van der Waals surface area contributed by atoms with E-state index in [0.717, 1.165) is 21.5 Å². The normalized spacial score (nSPS) is 11.1. The van der Waals surface area contributed by atoms with Crippen molar-refractivity contribution in [1.82, 2.24) is 19.9 Å². The highest BCUT2D eigenvalue weighted by Crippen LogP contribution is 2.18. The van der Waals surface area contributed by atoms with E-state index in [0.29, 0.717) is 43.5 Å². The van der Waals surface area contributed by atoms with E-state index in [1.165, 1.54) is 11.3 Å². The third kappa shape index (κ3) is 4.22. The number of ether oxygens (including phenoxy) is 1. The molecule has 1 aromatic carbocycles. The minimum atomic E-state index is -0.0545. The molecule has 4 rings (SSSR count). The molecule has 27 heavy (non-hydrogen) atoms. The zero-order chi connectivity index (χ0) is 18.6. The lowest BCUT2D eigenvalue weighted by molar-refractivity contribution is 0.308. The number of H-pyrrole nitrogens is 1. The number of nitrogens with one attached hydrogen (secondary N) is 1. The number of hydrogen-bond acceptors (Lipinski definition) is 7. The van der Waals surface area contributed by atoms with Crippen LogP contribution >= 0.6 is 11.3 Å². The van der Waals surface area contributed by atoms with Gasteiger partial charge in [-0.25, -0.2) is 4.98 Å². The molecule has 0 amide bonds. The molecule has 0 unspecified atom stereocenters. The van der Waals surface area contributed by atoms with Gasteiger partial charge in [-0.05, 0) is 36.8 Å². The Hall–Kier alpha value is -3.00. The van der Waals surface area contributed by atoms with E-state index in [-0.39, 0.29) is 4.87 Å². The maximum absolute atomic E-state index is 11.5. The summed E-state index contributed by atoms with van der Waals surface area (Å²) in [6.45, 7) is 2.39. The third-order valence-electron chi connectivity index (χ3n) is 4.00. The van der Waals surface area contributed by atoms with Crippen LogP contribution in [0.4, 0.5) is 0 Å². The van der Waals surface area contributed by atoms with Crippen molar-refractivity contribution < 1.29 is 9.15 Å². The van der Waals surface area contributed by atoms with E-state index in [9.17, 15) is 4.79 Å². The number of rotatable bonds is 7. The average Bonchev–Trinajstić information content (AvgIpc) is 3.28. The molecule has 0 fully saturated rings. The van der Waals surface area contributed by atoms with Crippen LogP contribution in [0.1, 0.15) is 29.9 Å². The topological polar surface area (TPSA) is 93.9 Å². The molecule has 0 aliphatic rings. The molecule has 0 atom stereocenters. The second-order valence-electron chi connectivity index (χ2n) is 5.98. The largest absolute Gasteiger partial charge is 0.469 e. The van der Waals surface area contributed by atoms with E-state index in [1.54, 1.807) is 6.26 Å². The van der Waals surface area contributed by atoms with Gasteiger partial charge in [-0.15, -0.1) is 0 Å². The van der Waals surface area contributed by atoms with Gasteiger partial charge in [-0.2, -0.15) is 9.97 Å². The zero-order valence-corrected chi connectivity index (χ0v) is 15.6. The van der Waals surface area contributed by atoms with Crippen molar-refractivity contribution in [3.8, 4) is 6.01 Å². The molecule has 4 aromatic rings. The monoisotopic (exact) mass is 382 g/mol. The fraction of sp³-hybridized carbons (Fsp3) is 0.263. The van der Waals surface area contributed by atoms with Crippen LogP contribution < -0.4 is 9.61 Å². The van der Waals surface area contributed by atoms with Crippen LogP contribution in [0.5, 0.6) is 6.01 Å². The van der Waals surface area contributed by atoms with Gasteiger partial charge in [-0.3, -0.25) is 4.79 Å². The van der Waals surface area contributed by atoms with Crippen molar-refractivity contribution in [3.63, 3.8) is 0 Å². The smallest absolute Gasteiger partial charge is 0.319 e. The highest BCUT2D eigenvalue weighted by atomic mass is 32.1. The molecule has 0 aliphatic heterocycles. The van der Waals surface area contributed by atoms with Crippen molar-refractivity contribution in [2.75, 3.05) is 6.61 Å². The Morgan fingerprint density at radius 3 is 2.85 bits per heavy atom. The first-order valence-electron chi connectivity index (χ1n) is 8.70. The molecule has 0 aliphatic carbocycles. The number of aromatic nitrogens is 4. The fourth-order valence-electron chi connectivity index (χ4n) is 2.80. The Kier molecular flexibility index (Phi) is 4.97. The van der Waals surface area contributed by atoms with E-state index < -0.39 is 0 Å². The van der Waals surface area contributed by atoms with Crippen LogP contribution in [-0.4, -0.2) is 26.5 Å². The number of furan rings is 1. The summed E-state index contributed by atoms with van der Waals surface area (Å²) >= 11 is 1.20. The number of aromatic amines is 1. The first-order valence-corrected chi connectivity index (χ1v) is 9.52. The van der Waals surface area contributed by atoms with Crippen LogP contribution in [0.2, 0.25) is 0 Å². The second kappa shape index (κ2) is 7.71. The molecule has 1 N–H and O–H groups in total. The van der Waals surface area contributed by atoms with Gasteiger partial charge >= 0.3 is 10.9 Å². The van der Waals surface area contributed by atoms with Crippen LogP contribution in [0.3, 0.4) is 0 Å². The van der Waals surface area contributed by atoms with Gasteiger partial charge in [0.2, 0.25) is 0 Å². The van der Waals surface area contributed by atoms with E-state index in [2.05, 4.69) is 19.9 Å². The van der Waals surface area contributed by atoms with Crippen molar-refractivity contribution in [2.45, 2.75) is 26.2 Å². The molecule has 7 nitrogen and oxygen atoms in total. The number of hydrogen-bond donors (Lipinski definition) is 1. The van der Waals surface area contributed by atoms with E-state index in [4.69, 9.17) is 9.15 Å². The number of nitrogens with zero attached hydrogens (tertiary/aromatic N) is 3. The van der Waals surface area contributed by atoms with Gasteiger partial charge in [0, 0.05) is 19.3 Å². The van der Waals surface area contributed by atoms with Gasteiger partial charge in [0.25, 0.3) is 0 Å². The molecule has 3 aromatic heterocycles. The second-order valence-corrected chi connectivity index (χ2v) is 7.00. The Bertz CT molecular complexity index is 1100. The maximum atomic E-state index is 11.5. The highest BCUT2D eigenvalue weighted by Gasteiger charge is 2.10. The summed E-state index contributed by atoms with van der Waals surface area (Å²) in [6.07, 6.45) is 3.55. The van der Waals surface area contributed by atoms with E-state index in [1.807, 2.05) is 37.3 Å². The lowest BCUT2D eigenvalue weighted by atomic mass is 10.1. The Labute approximate surface area is 159 Å². The zero-order valence-electron chi connectivity index (χ0n) is 14.8. The van der Waals surface area contributed by atoms with Gasteiger partial charge in [-0.1, -0.05) is 17.4 Å². The van der Waals surface area contributed by atoms with Gasteiger partial charge < -0.3 is 14.1 Å². The molecular weight excluding hydrogens is 364 g/mol. The minimum absolute atomic E-state index is 0.0545. The predicted octanol–water partition coefficient (Wildman–Crippen LogP) is 3.14. The minimum Gasteiger partial charge on any atom is -0.469 e. The predicted molar refractivity (Wildman–Crippen MR) is 102 cm³/mol. The SMILES string of the molecule is CCOc1nc(CCc2ccco2)nc(Cc2ccc3[nH]c(=O)sc3c2)n1. The van der Waals surface area contributed by atoms with Crippen LogP contribution in [0.15, 0.2) is 45.8 Å². The van der Waals surface area contributed by atoms with Gasteiger partial charge in [0.05, 0.1) is 23.1 Å². The van der Waals surface area contributed by atoms with Gasteiger partial charge in [0.15, 0.2) is 0 Å². The molecule has 0 saturated heterocycles. The van der Waals surface area contributed by atoms with Crippen LogP contribution in [-0.2, 0) is 19.3 Å². The summed E-state index contributed by atoms with van der Waals surface area (Å²) in [7, 11) is 0. The average molecular weight is 382 g/mol. The molecule has 0 bridgehead atoms. The summed E-state index contributed by atoms with van der Waals surface area (Å²) in [5.74, 6) is 2.21. The maximum Gasteiger partial charge on any atom is 0.319 e. The van der Waals surface area contributed by atoms with Crippen molar-refractivity contribution >= 4 is 21.6 Å². The number of benzene rings is 1. The van der Waals surface area contributed by atoms with E-state index >= 15 is 0 Å². The lowest BCUT2D eigenvalue weighted by Gasteiger charge is -2.07. The summed E-state index contributed by atoms with van der Waals surface area (Å²) in [5, 5.41) is 0. The Balaban J connectivity index is 1.58. The molecule has 8 heteroatoms. The van der Waals surface area contributed by atoms with Gasteiger partial charge in [0.1, 0.15) is 17.4 Å². The molecule has 0 spiro atoms. The lowest BCUT2D eigenvalue weighted by Crippen LogP contribution is -2.08. The standard InChI is InChI=1S/C19H18N4O3S/c1-2-25-18-22-16(8-6-13-4-3-9-26-13)21-17(23-18)11-12-5-7-14-15(10-12)27-19(24)20-14/h3-5,7,9-10H,2,6,8,11H2,1H3,(H,20,24). The molecule has 3 heterocycles. The quantitative estimate of drug-likeness (QED) is 0.528. The highest BCUT2D eigenvalue weighted by molar-refractivity contribution is 7.16. The van der Waals surface area contributed by atoms with Crippen molar-refractivity contribution in [3.05, 3.63) is 69.2 Å². The summed E-state index contributed by atoms with van der Waals surface area (Å²) in [4.78, 5) is 27.6. The molecule has 0 radical (unpaired) electrons. The summed E-state index contributed by atoms with van der Waals surface area (Å²) in [5.41, 5.74) is 1.88. The number of aryl methyl sites for hydroxylation is 2. The summed E-state index contributed by atoms with van der Waals surface area (Å²) < 4.78 is 11.8. The molecular formula is C19H18N4O3S. The third-order valence-corrected chi connectivity index (χ3v) is 4.85. The molecule has 0 saturated carbocycles. The first-order chi connectivity index (χ1) is 13.2. The van der Waals surface area contributed by atoms with Crippen LogP contribution in [0, 0.1) is 0 Å². The summed E-state index contributed by atoms with van der Waals surface area (Å²) in [6, 6.07) is 10.0. The van der Waals surface area contributed by atoms with Crippen molar-refractivity contribution in [2.24, 2.45) is 0 Å². The first kappa shape index (κ1) is 17.4. The fourth-order valence-corrected chi connectivity index (χ4v) is 3.60. The Morgan fingerprint density at radius 1 is 1.15 bits per heavy atom. The Morgan fingerprint density at radius 2 is 2.04 bits per heavy atom. The van der Waals surface area contributed by atoms with Crippen LogP contribution in [0.25, 0.3) is 10.2 Å². The molecule has 138 valence electrons. The van der Waals surface area contributed by atoms with Crippen molar-refractivity contribution in [1.29, 1.82) is 0 Å². The number of thiazole rings is 1.